The van der Waals surface area contributed by atoms with E-state index in [0.717, 1.165) is 38.8 Å². The van der Waals surface area contributed by atoms with E-state index in [-0.39, 0.29) is 29.7 Å². The van der Waals surface area contributed by atoms with Crippen molar-refractivity contribution in [2.75, 3.05) is 37.6 Å². The lowest BCUT2D eigenvalue weighted by Gasteiger charge is -2.47. The molecule has 4 rings (SSSR count). The molecule has 0 aromatic carbocycles. The Morgan fingerprint density at radius 1 is 1.14 bits per heavy atom. The summed E-state index contributed by atoms with van der Waals surface area (Å²) in [4.78, 5) is 32.4. The largest absolute Gasteiger partial charge is 0.480 e. The van der Waals surface area contributed by atoms with Crippen molar-refractivity contribution in [1.82, 2.24) is 25.1 Å². The van der Waals surface area contributed by atoms with Gasteiger partial charge in [-0.3, -0.25) is 9.78 Å². The Kier molecular flexibility index (Phi) is 7.50. The van der Waals surface area contributed by atoms with E-state index < -0.39 is 28.1 Å². The van der Waals surface area contributed by atoms with Crippen LogP contribution < -0.4 is 14.9 Å². The SMILES string of the molecule is Cc1noc(C)c1S(=O)(=O)N[C@@H](CNC(=O)N1CCC2(CC1)CCN(c1ccncc1)CC2)C(=O)O.[HH]. The summed E-state index contributed by atoms with van der Waals surface area (Å²) in [6, 6.07) is 2.09. The highest BCUT2D eigenvalue weighted by atomic mass is 32.2. The summed E-state index contributed by atoms with van der Waals surface area (Å²) >= 11 is 0. The number of carboxylic acid groups (broad SMARTS) is 1. The summed E-state index contributed by atoms with van der Waals surface area (Å²) in [5.74, 6) is -1.34. The molecule has 13 heteroatoms. The number of piperidine rings is 2. The van der Waals surface area contributed by atoms with Crippen LogP contribution in [0.5, 0.6) is 0 Å². The summed E-state index contributed by atoms with van der Waals surface area (Å²) in [5.41, 5.74) is 1.50. The molecule has 2 fully saturated rings. The van der Waals surface area contributed by atoms with Gasteiger partial charge in [0.05, 0.1) is 0 Å². The molecule has 2 aromatic rings. The van der Waals surface area contributed by atoms with E-state index in [4.69, 9.17) is 4.52 Å². The maximum atomic E-state index is 12.7. The maximum Gasteiger partial charge on any atom is 0.323 e. The van der Waals surface area contributed by atoms with Gasteiger partial charge in [0.1, 0.15) is 16.6 Å². The van der Waals surface area contributed by atoms with Crippen LogP contribution in [-0.4, -0.2) is 79.3 Å². The first-order valence-electron chi connectivity index (χ1n) is 12.0. The fraction of sp³-hybridized carbons (Fsp3) is 0.565. The van der Waals surface area contributed by atoms with Crippen LogP contribution in [0.3, 0.4) is 0 Å². The zero-order valence-electron chi connectivity index (χ0n) is 20.4. The van der Waals surface area contributed by atoms with Gasteiger partial charge in [-0.05, 0) is 57.1 Å². The van der Waals surface area contributed by atoms with E-state index in [1.807, 2.05) is 12.1 Å². The summed E-state index contributed by atoms with van der Waals surface area (Å²) in [7, 11) is -4.20. The molecule has 2 saturated heterocycles. The molecule has 12 nitrogen and oxygen atoms in total. The summed E-state index contributed by atoms with van der Waals surface area (Å²) < 4.78 is 32.4. The molecule has 4 heterocycles. The molecule has 1 spiro atoms. The Morgan fingerprint density at radius 2 is 1.75 bits per heavy atom. The zero-order chi connectivity index (χ0) is 25.9. The highest BCUT2D eigenvalue weighted by molar-refractivity contribution is 7.89. The van der Waals surface area contributed by atoms with E-state index >= 15 is 0 Å². The molecule has 0 aliphatic carbocycles. The number of aliphatic carboxylic acids is 1. The first-order valence-corrected chi connectivity index (χ1v) is 13.4. The lowest BCUT2D eigenvalue weighted by Crippen LogP contribution is -2.53. The second-order valence-corrected chi connectivity index (χ2v) is 11.2. The van der Waals surface area contributed by atoms with E-state index in [9.17, 15) is 23.1 Å². The number of carbonyl (C=O) groups excluding carboxylic acids is 1. The molecule has 1 atom stereocenters. The topological polar surface area (TPSA) is 158 Å². The van der Waals surface area contributed by atoms with Gasteiger partial charge < -0.3 is 24.7 Å². The van der Waals surface area contributed by atoms with Gasteiger partial charge in [0.15, 0.2) is 5.76 Å². The maximum absolute atomic E-state index is 12.7. The fourth-order valence-electron chi connectivity index (χ4n) is 5.06. The number of carbonyl (C=O) groups is 2. The van der Waals surface area contributed by atoms with Crippen molar-refractivity contribution in [1.29, 1.82) is 0 Å². The Balaban J connectivity index is 0.00000380. The van der Waals surface area contributed by atoms with Gasteiger partial charge in [0, 0.05) is 52.2 Å². The molecular weight excluding hydrogens is 488 g/mol. The first kappa shape index (κ1) is 25.9. The highest BCUT2D eigenvalue weighted by Crippen LogP contribution is 2.42. The number of hydrogen-bond donors (Lipinski definition) is 3. The second kappa shape index (κ2) is 10.4. The van der Waals surface area contributed by atoms with E-state index in [0.29, 0.717) is 13.1 Å². The molecule has 0 radical (unpaired) electrons. The minimum atomic E-state index is -4.20. The number of amides is 2. The van der Waals surface area contributed by atoms with Crippen LogP contribution in [0.15, 0.2) is 33.9 Å². The number of rotatable bonds is 7. The molecule has 36 heavy (non-hydrogen) atoms. The lowest BCUT2D eigenvalue weighted by molar-refractivity contribution is -0.138. The smallest absolute Gasteiger partial charge is 0.323 e. The molecule has 0 bridgehead atoms. The third-order valence-electron chi connectivity index (χ3n) is 7.25. The number of sulfonamides is 1. The lowest BCUT2D eigenvalue weighted by atomic mass is 9.71. The van der Waals surface area contributed by atoms with Gasteiger partial charge in [-0.15, -0.1) is 0 Å². The van der Waals surface area contributed by atoms with Gasteiger partial charge in [-0.2, -0.15) is 4.72 Å². The molecule has 2 amide bonds. The Bertz CT molecular complexity index is 1170. The third-order valence-corrected chi connectivity index (χ3v) is 8.97. The van der Waals surface area contributed by atoms with Crippen LogP contribution in [0.1, 0.15) is 38.6 Å². The normalized spacial score (nSPS) is 18.7. The molecule has 0 unspecified atom stereocenters. The van der Waals surface area contributed by atoms with Crippen LogP contribution in [0, 0.1) is 19.3 Å². The van der Waals surface area contributed by atoms with Crippen molar-refractivity contribution in [3.63, 3.8) is 0 Å². The number of anilines is 1. The van der Waals surface area contributed by atoms with Crippen molar-refractivity contribution in [3.05, 3.63) is 36.0 Å². The quantitative estimate of drug-likeness (QED) is 0.493. The summed E-state index contributed by atoms with van der Waals surface area (Å²) in [6.07, 6.45) is 7.46. The number of urea groups is 1. The molecular formula is C23H34N6O6S. The van der Waals surface area contributed by atoms with E-state index in [1.165, 1.54) is 19.5 Å². The predicted octanol–water partition coefficient (Wildman–Crippen LogP) is 1.76. The highest BCUT2D eigenvalue weighted by Gasteiger charge is 2.39. The Morgan fingerprint density at radius 3 is 2.31 bits per heavy atom. The van der Waals surface area contributed by atoms with Crippen LogP contribution in [0.2, 0.25) is 0 Å². The van der Waals surface area contributed by atoms with Crippen molar-refractivity contribution in [3.8, 4) is 0 Å². The van der Waals surface area contributed by atoms with Crippen LogP contribution in [0.25, 0.3) is 0 Å². The van der Waals surface area contributed by atoms with Crippen molar-refractivity contribution < 1.29 is 29.1 Å². The fourth-order valence-corrected chi connectivity index (χ4v) is 6.58. The molecule has 198 valence electrons. The molecule has 3 N–H and O–H groups in total. The van der Waals surface area contributed by atoms with Gasteiger partial charge >= 0.3 is 12.0 Å². The number of carboxylic acids is 1. The third kappa shape index (κ3) is 5.62. The van der Waals surface area contributed by atoms with E-state index in [1.54, 1.807) is 17.3 Å². The monoisotopic (exact) mass is 522 g/mol. The van der Waals surface area contributed by atoms with Crippen molar-refractivity contribution in [2.45, 2.75) is 50.5 Å². The number of nitrogens with zero attached hydrogens (tertiary/aromatic N) is 4. The zero-order valence-corrected chi connectivity index (χ0v) is 21.3. The number of nitrogens with one attached hydrogen (secondary N) is 2. The number of aromatic nitrogens is 2. The average Bonchev–Trinajstić information content (AvgIpc) is 3.21. The Labute approximate surface area is 211 Å². The van der Waals surface area contributed by atoms with Gasteiger partial charge in [0.2, 0.25) is 10.0 Å². The molecule has 2 aliphatic heterocycles. The van der Waals surface area contributed by atoms with Gasteiger partial charge in [-0.1, -0.05) is 5.16 Å². The van der Waals surface area contributed by atoms with Gasteiger partial charge in [0.25, 0.3) is 0 Å². The number of likely N-dealkylation sites (tertiary alicyclic amines) is 1. The van der Waals surface area contributed by atoms with Crippen LogP contribution in [0.4, 0.5) is 10.5 Å². The summed E-state index contributed by atoms with van der Waals surface area (Å²) in [5, 5.41) is 15.7. The van der Waals surface area contributed by atoms with Gasteiger partial charge in [-0.25, -0.2) is 13.2 Å². The van der Waals surface area contributed by atoms with Crippen molar-refractivity contribution >= 4 is 27.7 Å². The van der Waals surface area contributed by atoms with Crippen molar-refractivity contribution in [2.24, 2.45) is 5.41 Å². The van der Waals surface area contributed by atoms with Crippen LogP contribution in [-0.2, 0) is 14.8 Å². The number of pyridine rings is 1. The number of hydrogen-bond acceptors (Lipinski definition) is 8. The molecule has 0 saturated carbocycles. The molecule has 2 aliphatic rings. The predicted molar refractivity (Wildman–Crippen MR) is 132 cm³/mol. The first-order chi connectivity index (χ1) is 17.1. The standard InChI is InChI=1S/C23H32N6O6S.H2/c1-16-20(17(2)35-26-16)36(33,34)27-19(21(30)31)15-25-22(32)29-13-7-23(8-14-29)5-11-28(12-6-23)18-3-9-24-10-4-18;/h3-4,9-10,19,27H,5-8,11-15H2,1-2H3,(H,25,32)(H,30,31);1H/t19-;/m0./s1. The molecule has 2 aromatic heterocycles. The minimum Gasteiger partial charge on any atom is -0.480 e. The van der Waals surface area contributed by atoms with E-state index in [2.05, 4.69) is 25.1 Å². The number of aryl methyl sites for hydroxylation is 2. The summed E-state index contributed by atoms with van der Waals surface area (Å²) in [6.45, 7) is 5.56. The Hall–Kier alpha value is -3.19. The second-order valence-electron chi connectivity index (χ2n) is 9.53. The minimum absolute atomic E-state index is 0. The van der Waals surface area contributed by atoms with Crippen LogP contribution >= 0.6 is 0 Å². The average molecular weight is 523 g/mol.